The van der Waals surface area contributed by atoms with Crippen molar-refractivity contribution in [3.8, 4) is 0 Å². The normalized spacial score (nSPS) is 15.4. The minimum Gasteiger partial charge on any atom is -0.442 e. The van der Waals surface area contributed by atoms with E-state index in [0.717, 1.165) is 13.1 Å². The van der Waals surface area contributed by atoms with Crippen LogP contribution < -0.4 is 5.32 Å². The van der Waals surface area contributed by atoms with Gasteiger partial charge in [0.1, 0.15) is 5.76 Å². The van der Waals surface area contributed by atoms with E-state index >= 15 is 0 Å². The molecule has 0 spiro atoms. The molecule has 96 valence electrons. The molecule has 0 aliphatic carbocycles. The molecule has 1 atom stereocenters. The largest absolute Gasteiger partial charge is 0.442 e. The van der Waals surface area contributed by atoms with Gasteiger partial charge in [-0.2, -0.15) is 13.2 Å². The van der Waals surface area contributed by atoms with E-state index in [1.165, 1.54) is 6.92 Å². The van der Waals surface area contributed by atoms with Gasteiger partial charge in [-0.15, -0.1) is 0 Å². The van der Waals surface area contributed by atoms with Crippen LogP contribution in [0.25, 0.3) is 0 Å². The first-order chi connectivity index (χ1) is 7.67. The summed E-state index contributed by atoms with van der Waals surface area (Å²) in [6, 6.07) is 0. The maximum absolute atomic E-state index is 12.7. The summed E-state index contributed by atoms with van der Waals surface area (Å²) < 4.78 is 42.9. The summed E-state index contributed by atoms with van der Waals surface area (Å²) in [4.78, 5) is 14.0. The predicted octanol–water partition coefficient (Wildman–Crippen LogP) is 0.869. The molecule has 1 aromatic heterocycles. The summed E-state index contributed by atoms with van der Waals surface area (Å²) in [5.41, 5.74) is -3.33. The van der Waals surface area contributed by atoms with Gasteiger partial charge in [0.15, 0.2) is 0 Å². The third-order valence-electron chi connectivity index (χ3n) is 2.04. The van der Waals surface area contributed by atoms with Crippen LogP contribution in [0.5, 0.6) is 0 Å². The molecular weight excluding hydrogens is 241 g/mol. The second-order valence-corrected chi connectivity index (χ2v) is 3.54. The van der Waals surface area contributed by atoms with Gasteiger partial charge in [-0.3, -0.25) is 4.79 Å². The molecule has 1 aromatic rings. The van der Waals surface area contributed by atoms with E-state index < -0.39 is 30.1 Å². The first-order valence-corrected chi connectivity index (χ1v) is 4.63. The van der Waals surface area contributed by atoms with Crippen LogP contribution in [0.1, 0.15) is 18.6 Å². The van der Waals surface area contributed by atoms with Crippen LogP contribution in [0.3, 0.4) is 0 Å². The minimum atomic E-state index is -5.01. The Labute approximate surface area is 94.6 Å². The molecule has 0 aliphatic heterocycles. The number of aryl methyl sites for hydroxylation is 1. The first kappa shape index (κ1) is 13.5. The van der Waals surface area contributed by atoms with Gasteiger partial charge >= 0.3 is 6.18 Å². The van der Waals surface area contributed by atoms with Gasteiger partial charge in [0.05, 0.1) is 12.7 Å². The number of nitrogens with one attached hydrogen (secondary N) is 1. The molecule has 0 saturated carbocycles. The number of oxazole rings is 1. The number of carbonyl (C=O) groups excluding carboxylic acids is 1. The lowest BCUT2D eigenvalue weighted by atomic mass is 10.0. The van der Waals surface area contributed by atoms with Crippen molar-refractivity contribution >= 4 is 5.91 Å². The van der Waals surface area contributed by atoms with Crippen molar-refractivity contribution in [2.45, 2.75) is 25.6 Å². The van der Waals surface area contributed by atoms with Crippen molar-refractivity contribution in [3.63, 3.8) is 0 Å². The number of aromatic nitrogens is 1. The molecule has 0 aromatic carbocycles. The van der Waals surface area contributed by atoms with Crippen LogP contribution in [0, 0.1) is 6.92 Å². The molecule has 0 radical (unpaired) electrons. The number of amides is 1. The topological polar surface area (TPSA) is 75.4 Å². The fourth-order valence-corrected chi connectivity index (χ4v) is 1.10. The maximum atomic E-state index is 12.7. The second kappa shape index (κ2) is 4.36. The van der Waals surface area contributed by atoms with Crippen molar-refractivity contribution in [1.82, 2.24) is 10.3 Å². The van der Waals surface area contributed by atoms with Crippen molar-refractivity contribution in [3.05, 3.63) is 17.8 Å². The zero-order valence-corrected chi connectivity index (χ0v) is 9.13. The molecule has 1 amide bonds. The molecule has 0 aliphatic rings. The molecule has 1 unspecified atom stereocenters. The van der Waals surface area contributed by atoms with E-state index in [2.05, 4.69) is 9.40 Å². The lowest BCUT2D eigenvalue weighted by Gasteiger charge is -2.27. The highest BCUT2D eigenvalue weighted by Gasteiger charge is 2.58. The van der Waals surface area contributed by atoms with Gasteiger partial charge in [0, 0.05) is 6.92 Å². The molecule has 0 bridgehead atoms. The number of nitrogens with zero attached hydrogens (tertiary/aromatic N) is 1. The summed E-state index contributed by atoms with van der Waals surface area (Å²) in [5.74, 6) is -1.46. The first-order valence-electron chi connectivity index (χ1n) is 4.63. The lowest BCUT2D eigenvalue weighted by Crippen LogP contribution is -2.51. The minimum absolute atomic E-state index is 0.130. The molecule has 1 heterocycles. The Balaban J connectivity index is 3.06. The maximum Gasteiger partial charge on any atom is 0.428 e. The number of rotatable bonds is 3. The van der Waals surface area contributed by atoms with Gasteiger partial charge in [0.25, 0.3) is 5.60 Å². The van der Waals surface area contributed by atoms with Crippen LogP contribution in [0.2, 0.25) is 0 Å². The Morgan fingerprint density at radius 2 is 2.18 bits per heavy atom. The summed E-state index contributed by atoms with van der Waals surface area (Å²) in [6.45, 7) is 1.38. The highest BCUT2D eigenvalue weighted by molar-refractivity contribution is 5.72. The molecule has 5 nitrogen and oxygen atoms in total. The highest BCUT2D eigenvalue weighted by atomic mass is 19.4. The molecular formula is C9H11F3N2O3. The number of aliphatic hydroxyl groups is 1. The zero-order chi connectivity index (χ0) is 13.3. The molecule has 0 saturated heterocycles. The van der Waals surface area contributed by atoms with E-state index in [-0.39, 0.29) is 5.76 Å². The monoisotopic (exact) mass is 252 g/mol. The Bertz CT molecular complexity index is 416. The predicted molar refractivity (Wildman–Crippen MR) is 49.9 cm³/mol. The van der Waals surface area contributed by atoms with Gasteiger partial charge in [0.2, 0.25) is 11.8 Å². The molecule has 1 rings (SSSR count). The number of hydrogen-bond donors (Lipinski definition) is 2. The average Bonchev–Trinajstić information content (AvgIpc) is 2.59. The number of halogens is 3. The van der Waals surface area contributed by atoms with E-state index in [9.17, 15) is 23.1 Å². The Morgan fingerprint density at radius 3 is 2.53 bits per heavy atom. The number of hydrogen-bond acceptors (Lipinski definition) is 4. The molecule has 8 heteroatoms. The summed E-state index contributed by atoms with van der Waals surface area (Å²) in [7, 11) is 0. The molecule has 0 fully saturated rings. The van der Waals surface area contributed by atoms with E-state index in [0.29, 0.717) is 0 Å². The quantitative estimate of drug-likeness (QED) is 0.837. The third-order valence-corrected chi connectivity index (χ3v) is 2.04. The number of carbonyl (C=O) groups is 1. The van der Waals surface area contributed by atoms with Crippen molar-refractivity contribution < 1.29 is 27.5 Å². The van der Waals surface area contributed by atoms with Crippen LogP contribution in [0.4, 0.5) is 13.2 Å². The Hall–Kier alpha value is -1.57. The van der Waals surface area contributed by atoms with Gasteiger partial charge in [-0.1, -0.05) is 0 Å². The van der Waals surface area contributed by atoms with Crippen molar-refractivity contribution in [2.24, 2.45) is 0 Å². The summed E-state index contributed by atoms with van der Waals surface area (Å²) in [5, 5.41) is 11.5. The van der Waals surface area contributed by atoms with Gasteiger partial charge < -0.3 is 14.8 Å². The molecule has 2 N–H and O–H groups in total. The van der Waals surface area contributed by atoms with E-state index in [4.69, 9.17) is 0 Å². The number of alkyl halides is 3. The van der Waals surface area contributed by atoms with Crippen LogP contribution >= 0.6 is 0 Å². The van der Waals surface area contributed by atoms with Crippen LogP contribution in [0.15, 0.2) is 10.6 Å². The SMILES string of the molecule is CC(=O)NCC(O)(c1ncc(C)o1)C(F)(F)F. The lowest BCUT2D eigenvalue weighted by molar-refractivity contribution is -0.271. The van der Waals surface area contributed by atoms with Crippen LogP contribution in [-0.2, 0) is 10.4 Å². The van der Waals surface area contributed by atoms with Gasteiger partial charge in [-0.25, -0.2) is 4.98 Å². The fraction of sp³-hybridized carbons (Fsp3) is 0.556. The Kier molecular flexibility index (Phi) is 3.46. The second-order valence-electron chi connectivity index (χ2n) is 3.54. The summed E-state index contributed by atoms with van der Waals surface area (Å²) >= 11 is 0. The van der Waals surface area contributed by atoms with Crippen molar-refractivity contribution in [2.75, 3.05) is 6.54 Å². The van der Waals surface area contributed by atoms with Gasteiger partial charge in [-0.05, 0) is 6.92 Å². The zero-order valence-electron chi connectivity index (χ0n) is 9.13. The van der Waals surface area contributed by atoms with E-state index in [1.807, 2.05) is 5.32 Å². The molecule has 17 heavy (non-hydrogen) atoms. The summed E-state index contributed by atoms with van der Waals surface area (Å²) in [6.07, 6.45) is -3.95. The third kappa shape index (κ3) is 2.76. The smallest absolute Gasteiger partial charge is 0.428 e. The van der Waals surface area contributed by atoms with Crippen LogP contribution in [-0.4, -0.2) is 28.7 Å². The fourth-order valence-electron chi connectivity index (χ4n) is 1.10. The standard InChI is InChI=1S/C9H11F3N2O3/c1-5-3-13-7(17-5)8(16,9(10,11)12)4-14-6(2)15/h3,16H,4H2,1-2H3,(H,14,15). The highest BCUT2D eigenvalue weighted by Crippen LogP contribution is 2.38. The Morgan fingerprint density at radius 1 is 1.59 bits per heavy atom. The van der Waals surface area contributed by atoms with E-state index in [1.54, 1.807) is 0 Å². The average molecular weight is 252 g/mol. The van der Waals surface area contributed by atoms with Crippen molar-refractivity contribution in [1.29, 1.82) is 0 Å².